The zero-order valence-corrected chi connectivity index (χ0v) is 17.2. The molecule has 1 spiro atoms. The van der Waals surface area contributed by atoms with Crippen molar-refractivity contribution in [2.24, 2.45) is 0 Å². The smallest absolute Gasteiger partial charge is 0.249 e. The number of nitrogens with one attached hydrogen (secondary N) is 1. The fraction of sp³-hybridized carbons (Fsp3) is 0.600. The molecule has 9 nitrogen and oxygen atoms in total. The van der Waals surface area contributed by atoms with Crippen molar-refractivity contribution in [2.75, 3.05) is 33.4 Å². The zero-order valence-electron chi connectivity index (χ0n) is 17.2. The zero-order chi connectivity index (χ0) is 20.6. The van der Waals surface area contributed by atoms with Crippen LogP contribution in [0.4, 0.5) is 0 Å². The van der Waals surface area contributed by atoms with Gasteiger partial charge >= 0.3 is 0 Å². The van der Waals surface area contributed by atoms with Gasteiger partial charge in [0.1, 0.15) is 18.5 Å². The number of carbonyl (C=O) groups is 2. The lowest BCUT2D eigenvalue weighted by Gasteiger charge is -2.50. The van der Waals surface area contributed by atoms with Crippen molar-refractivity contribution in [1.82, 2.24) is 29.3 Å². The van der Waals surface area contributed by atoms with Gasteiger partial charge in [-0.2, -0.15) is 0 Å². The van der Waals surface area contributed by atoms with E-state index in [0.29, 0.717) is 32.5 Å². The fourth-order valence-corrected chi connectivity index (χ4v) is 4.83. The number of aromatic nitrogens is 4. The van der Waals surface area contributed by atoms with Crippen LogP contribution in [0.25, 0.3) is 0 Å². The van der Waals surface area contributed by atoms with Crippen LogP contribution in [0.1, 0.15) is 43.0 Å². The van der Waals surface area contributed by atoms with Gasteiger partial charge < -0.3 is 24.1 Å². The summed E-state index contributed by atoms with van der Waals surface area (Å²) in [5, 5.41) is 0. The summed E-state index contributed by atoms with van der Waals surface area (Å²) in [5.74, 6) is 0.876. The molecule has 4 rings (SSSR count). The molecule has 2 aromatic heterocycles. The number of amides is 2. The Bertz CT molecular complexity index is 896. The molecular formula is C20H28N6O3. The van der Waals surface area contributed by atoms with Crippen LogP contribution in [-0.4, -0.2) is 74.5 Å². The number of nitrogens with zero attached hydrogens (tertiary/aromatic N) is 5. The molecule has 0 aliphatic carbocycles. The van der Waals surface area contributed by atoms with Gasteiger partial charge in [0.05, 0.1) is 17.6 Å². The summed E-state index contributed by atoms with van der Waals surface area (Å²) < 4.78 is 7.01. The van der Waals surface area contributed by atoms with Crippen LogP contribution in [0, 0.1) is 6.92 Å². The second kappa shape index (κ2) is 7.62. The molecule has 9 heteroatoms. The predicted molar refractivity (Wildman–Crippen MR) is 105 cm³/mol. The van der Waals surface area contributed by atoms with Gasteiger partial charge in [-0.3, -0.25) is 9.59 Å². The molecule has 2 aromatic rings. The average Bonchev–Trinajstić information content (AvgIpc) is 3.37. The lowest BCUT2D eigenvalue weighted by atomic mass is 9.78. The van der Waals surface area contributed by atoms with Crippen molar-refractivity contribution in [3.8, 4) is 0 Å². The number of piperidine rings is 1. The first-order chi connectivity index (χ1) is 14.0. The van der Waals surface area contributed by atoms with E-state index in [1.54, 1.807) is 12.5 Å². The van der Waals surface area contributed by atoms with Gasteiger partial charge in [-0.25, -0.2) is 9.97 Å². The van der Waals surface area contributed by atoms with E-state index < -0.39 is 5.54 Å². The van der Waals surface area contributed by atoms with Crippen molar-refractivity contribution >= 4 is 11.8 Å². The summed E-state index contributed by atoms with van der Waals surface area (Å²) in [7, 11) is 1.54. The minimum Gasteiger partial charge on any atom is -0.375 e. The molecule has 0 aromatic carbocycles. The van der Waals surface area contributed by atoms with Gasteiger partial charge in [0, 0.05) is 51.3 Å². The molecule has 0 radical (unpaired) electrons. The first-order valence-corrected chi connectivity index (χ1v) is 10.1. The number of ether oxygens (including phenoxy) is 1. The summed E-state index contributed by atoms with van der Waals surface area (Å²) in [6.45, 7) is 5.66. The molecular weight excluding hydrogens is 372 g/mol. The second-order valence-electron chi connectivity index (χ2n) is 7.87. The van der Waals surface area contributed by atoms with E-state index in [0.717, 1.165) is 23.6 Å². The minimum atomic E-state index is -0.478. The standard InChI is InChI=1S/C20H28N6O3/c1-14(25-11-7-21-15(25)2)19(28)24-9-5-20(6-10-24)18-16(22-13-23-18)4-8-26(20)17(27)12-29-3/h7,11,13-14H,4-6,8-10,12H2,1-3H3,(H,22,23)/t14-/m1/s1. The molecule has 1 atom stereocenters. The van der Waals surface area contributed by atoms with Crippen LogP contribution < -0.4 is 0 Å². The highest BCUT2D eigenvalue weighted by Gasteiger charge is 2.49. The van der Waals surface area contributed by atoms with E-state index in [-0.39, 0.29) is 24.5 Å². The van der Waals surface area contributed by atoms with Crippen LogP contribution in [-0.2, 0) is 26.3 Å². The number of likely N-dealkylation sites (tertiary alicyclic amines) is 1. The van der Waals surface area contributed by atoms with E-state index in [1.807, 2.05) is 34.4 Å². The molecule has 156 valence electrons. The molecule has 1 N–H and O–H groups in total. The topological polar surface area (TPSA) is 96.4 Å². The number of rotatable bonds is 4. The largest absolute Gasteiger partial charge is 0.375 e. The van der Waals surface area contributed by atoms with E-state index in [4.69, 9.17) is 4.74 Å². The van der Waals surface area contributed by atoms with Crippen molar-refractivity contribution in [3.05, 3.63) is 35.9 Å². The van der Waals surface area contributed by atoms with E-state index in [1.165, 1.54) is 7.11 Å². The summed E-state index contributed by atoms with van der Waals surface area (Å²) in [6.07, 6.45) is 7.35. The maximum atomic E-state index is 13.1. The Labute approximate surface area is 170 Å². The molecule has 1 fully saturated rings. The quantitative estimate of drug-likeness (QED) is 0.827. The first kappa shape index (κ1) is 19.6. The van der Waals surface area contributed by atoms with Crippen molar-refractivity contribution in [3.63, 3.8) is 0 Å². The van der Waals surface area contributed by atoms with E-state index in [2.05, 4.69) is 15.0 Å². The Morgan fingerprint density at radius 3 is 2.69 bits per heavy atom. The van der Waals surface area contributed by atoms with Gasteiger partial charge in [0.2, 0.25) is 11.8 Å². The third kappa shape index (κ3) is 3.23. The van der Waals surface area contributed by atoms with Gasteiger partial charge in [-0.1, -0.05) is 0 Å². The number of carbonyl (C=O) groups excluding carboxylic acids is 2. The monoisotopic (exact) mass is 400 g/mol. The van der Waals surface area contributed by atoms with E-state index in [9.17, 15) is 9.59 Å². The van der Waals surface area contributed by atoms with Crippen LogP contribution >= 0.6 is 0 Å². The normalized spacial score (nSPS) is 19.3. The Morgan fingerprint density at radius 1 is 1.28 bits per heavy atom. The van der Waals surface area contributed by atoms with Gasteiger partial charge in [0.15, 0.2) is 0 Å². The van der Waals surface area contributed by atoms with Crippen LogP contribution in [0.2, 0.25) is 0 Å². The number of hydrogen-bond acceptors (Lipinski definition) is 5. The number of fused-ring (bicyclic) bond motifs is 2. The molecule has 29 heavy (non-hydrogen) atoms. The summed E-state index contributed by atoms with van der Waals surface area (Å²) >= 11 is 0. The number of H-pyrrole nitrogens is 1. The fourth-order valence-electron chi connectivity index (χ4n) is 4.83. The maximum Gasteiger partial charge on any atom is 0.249 e. The number of aromatic amines is 1. The molecule has 0 bridgehead atoms. The number of aryl methyl sites for hydroxylation is 1. The van der Waals surface area contributed by atoms with Gasteiger partial charge in [0.25, 0.3) is 0 Å². The summed E-state index contributed by atoms with van der Waals surface area (Å²) in [6, 6.07) is -0.301. The highest BCUT2D eigenvalue weighted by atomic mass is 16.5. The molecule has 2 aliphatic rings. The minimum absolute atomic E-state index is 0.0247. The summed E-state index contributed by atoms with van der Waals surface area (Å²) in [5.41, 5.74) is 1.56. The Hall–Kier alpha value is -2.68. The third-order valence-corrected chi connectivity index (χ3v) is 6.37. The van der Waals surface area contributed by atoms with Crippen molar-refractivity contribution in [2.45, 2.75) is 44.7 Å². The Kier molecular flexibility index (Phi) is 5.16. The molecule has 0 saturated carbocycles. The Morgan fingerprint density at radius 2 is 2.03 bits per heavy atom. The highest BCUT2D eigenvalue weighted by Crippen LogP contribution is 2.42. The molecule has 2 amide bonds. The van der Waals surface area contributed by atoms with Crippen molar-refractivity contribution in [1.29, 1.82) is 0 Å². The van der Waals surface area contributed by atoms with E-state index >= 15 is 0 Å². The predicted octanol–water partition coefficient (Wildman–Crippen LogP) is 1.02. The van der Waals surface area contributed by atoms with Gasteiger partial charge in [-0.05, 0) is 26.7 Å². The second-order valence-corrected chi connectivity index (χ2v) is 7.87. The van der Waals surface area contributed by atoms with Crippen molar-refractivity contribution < 1.29 is 14.3 Å². The lowest BCUT2D eigenvalue weighted by molar-refractivity contribution is -0.148. The van der Waals surface area contributed by atoms with Crippen LogP contribution in [0.15, 0.2) is 18.7 Å². The third-order valence-electron chi connectivity index (χ3n) is 6.37. The molecule has 4 heterocycles. The van der Waals surface area contributed by atoms with Gasteiger partial charge in [-0.15, -0.1) is 0 Å². The number of imidazole rings is 2. The SMILES string of the molecule is COCC(=O)N1CCc2[nH]cnc2C12CCN(C(=O)[C@@H](C)n1ccnc1C)CC2. The van der Waals surface area contributed by atoms with Crippen LogP contribution in [0.3, 0.4) is 0 Å². The molecule has 1 saturated heterocycles. The lowest BCUT2D eigenvalue weighted by Crippen LogP contribution is -2.59. The van der Waals surface area contributed by atoms with Crippen LogP contribution in [0.5, 0.6) is 0 Å². The number of methoxy groups -OCH3 is 1. The molecule has 0 unspecified atom stereocenters. The molecule has 2 aliphatic heterocycles. The summed E-state index contributed by atoms with van der Waals surface area (Å²) in [4.78, 5) is 41.7. The average molecular weight is 400 g/mol. The Balaban J connectivity index is 1.55. The highest BCUT2D eigenvalue weighted by molar-refractivity contribution is 5.81. The maximum absolute atomic E-state index is 13.1. The number of hydrogen-bond donors (Lipinski definition) is 1. The first-order valence-electron chi connectivity index (χ1n) is 10.1.